The molecule has 6 nitrogen and oxygen atoms in total. The van der Waals surface area contributed by atoms with Gasteiger partial charge in [0.15, 0.2) is 0 Å². The second-order valence-corrected chi connectivity index (χ2v) is 6.84. The number of benzene rings is 3. The van der Waals surface area contributed by atoms with Gasteiger partial charge in [0.1, 0.15) is 11.5 Å². The van der Waals surface area contributed by atoms with Crippen LogP contribution in [0.2, 0.25) is 5.02 Å². The van der Waals surface area contributed by atoms with Crippen molar-refractivity contribution in [3.8, 4) is 11.5 Å². The van der Waals surface area contributed by atoms with Crippen molar-refractivity contribution in [2.45, 2.75) is 6.92 Å². The molecule has 0 saturated heterocycles. The molecule has 0 atom stereocenters. The topological polar surface area (TPSA) is 75.7 Å². The van der Waals surface area contributed by atoms with Crippen LogP contribution in [0.4, 0.5) is 11.4 Å². The van der Waals surface area contributed by atoms with Crippen molar-refractivity contribution in [3.63, 3.8) is 0 Å². The minimum Gasteiger partial charge on any atom is -0.457 e. The molecule has 0 aromatic heterocycles. The first-order valence-corrected chi connectivity index (χ1v) is 9.15. The van der Waals surface area contributed by atoms with Crippen molar-refractivity contribution in [1.29, 1.82) is 0 Å². The monoisotopic (exact) mass is 406 g/mol. The Balaban J connectivity index is 1.66. The molecule has 3 aromatic rings. The van der Waals surface area contributed by atoms with Crippen molar-refractivity contribution in [2.75, 3.05) is 10.2 Å². The fourth-order valence-corrected chi connectivity index (χ4v) is 3.23. The lowest BCUT2D eigenvalue weighted by atomic mass is 10.1. The van der Waals surface area contributed by atoms with Gasteiger partial charge in [0.05, 0.1) is 16.8 Å². The fourth-order valence-electron chi connectivity index (χ4n) is 3.10. The van der Waals surface area contributed by atoms with Gasteiger partial charge >= 0.3 is 0 Å². The first-order valence-electron chi connectivity index (χ1n) is 8.77. The van der Waals surface area contributed by atoms with Crippen LogP contribution in [0.15, 0.2) is 66.7 Å². The maximum absolute atomic E-state index is 13.1. The molecule has 0 saturated carbocycles. The first kappa shape index (κ1) is 18.7. The molecule has 4 rings (SSSR count). The van der Waals surface area contributed by atoms with Crippen LogP contribution in [0.25, 0.3) is 0 Å². The highest BCUT2D eigenvalue weighted by atomic mass is 35.5. The van der Waals surface area contributed by atoms with Crippen LogP contribution in [-0.2, 0) is 4.79 Å². The molecular formula is C22H15ClN2O4. The zero-order valence-electron chi connectivity index (χ0n) is 15.3. The number of nitrogens with zero attached hydrogens (tertiary/aromatic N) is 1. The Morgan fingerprint density at radius 1 is 0.931 bits per heavy atom. The van der Waals surface area contributed by atoms with Gasteiger partial charge in [-0.25, -0.2) is 4.90 Å². The highest BCUT2D eigenvalue weighted by Gasteiger charge is 2.39. The van der Waals surface area contributed by atoms with Crippen LogP contribution in [0.1, 0.15) is 27.6 Å². The SMILES string of the molecule is CC(=O)Nc1ccc(N2C(=O)c3cccc(Oc4ccc(Cl)cc4)c3C2=O)cc1. The third-order valence-electron chi connectivity index (χ3n) is 4.36. The Hall–Kier alpha value is -3.64. The zero-order valence-corrected chi connectivity index (χ0v) is 16.1. The smallest absolute Gasteiger partial charge is 0.269 e. The number of imide groups is 1. The summed E-state index contributed by atoms with van der Waals surface area (Å²) in [6, 6.07) is 18.1. The standard InChI is InChI=1S/C22H15ClN2O4/c1-13(26)24-15-7-9-16(10-8-15)25-21(27)18-3-2-4-19(20(18)22(25)28)29-17-11-5-14(23)6-12-17/h2-12H,1H3,(H,24,26). The van der Waals surface area contributed by atoms with E-state index in [0.717, 1.165) is 4.90 Å². The fraction of sp³-hybridized carbons (Fsp3) is 0.0455. The molecule has 0 unspecified atom stereocenters. The maximum Gasteiger partial charge on any atom is 0.269 e. The van der Waals surface area contributed by atoms with Crippen LogP contribution in [0.3, 0.4) is 0 Å². The van der Waals surface area contributed by atoms with Gasteiger partial charge in [0.2, 0.25) is 5.91 Å². The van der Waals surface area contributed by atoms with Gasteiger partial charge in [-0.15, -0.1) is 0 Å². The molecule has 29 heavy (non-hydrogen) atoms. The van der Waals surface area contributed by atoms with Crippen molar-refractivity contribution in [3.05, 3.63) is 82.9 Å². The molecule has 144 valence electrons. The first-order chi connectivity index (χ1) is 13.9. The summed E-state index contributed by atoms with van der Waals surface area (Å²) in [4.78, 5) is 38.2. The normalized spacial score (nSPS) is 12.7. The van der Waals surface area contributed by atoms with E-state index in [0.29, 0.717) is 27.9 Å². The highest BCUT2D eigenvalue weighted by Crippen LogP contribution is 2.36. The van der Waals surface area contributed by atoms with Crippen LogP contribution >= 0.6 is 11.6 Å². The number of amides is 3. The predicted molar refractivity (Wildman–Crippen MR) is 110 cm³/mol. The lowest BCUT2D eigenvalue weighted by Gasteiger charge is -2.15. The molecule has 0 aliphatic carbocycles. The average molecular weight is 407 g/mol. The quantitative estimate of drug-likeness (QED) is 0.626. The highest BCUT2D eigenvalue weighted by molar-refractivity contribution is 6.35. The summed E-state index contributed by atoms with van der Waals surface area (Å²) in [5.41, 5.74) is 1.46. The van der Waals surface area contributed by atoms with Crippen LogP contribution in [0, 0.1) is 0 Å². The van der Waals surface area contributed by atoms with E-state index in [1.807, 2.05) is 0 Å². The second kappa shape index (κ2) is 7.41. The Labute approximate surface area is 171 Å². The minimum absolute atomic E-state index is 0.206. The minimum atomic E-state index is -0.471. The Bertz CT molecular complexity index is 1120. The summed E-state index contributed by atoms with van der Waals surface area (Å²) >= 11 is 5.89. The molecule has 1 aliphatic heterocycles. The van der Waals surface area contributed by atoms with Gasteiger partial charge < -0.3 is 10.1 Å². The molecule has 1 heterocycles. The van der Waals surface area contributed by atoms with Crippen molar-refractivity contribution in [1.82, 2.24) is 0 Å². The number of fused-ring (bicyclic) bond motifs is 1. The maximum atomic E-state index is 13.1. The number of rotatable bonds is 4. The second-order valence-electron chi connectivity index (χ2n) is 6.41. The Morgan fingerprint density at radius 3 is 2.28 bits per heavy atom. The van der Waals surface area contributed by atoms with Gasteiger partial charge in [-0.05, 0) is 60.7 Å². The van der Waals surface area contributed by atoms with Gasteiger partial charge in [-0.3, -0.25) is 14.4 Å². The number of carbonyl (C=O) groups is 3. The molecule has 3 aromatic carbocycles. The number of hydrogen-bond donors (Lipinski definition) is 1. The molecule has 0 spiro atoms. The number of anilines is 2. The largest absolute Gasteiger partial charge is 0.457 e. The molecule has 0 radical (unpaired) electrons. The van der Waals surface area contributed by atoms with E-state index in [1.54, 1.807) is 66.7 Å². The molecular weight excluding hydrogens is 392 g/mol. The molecule has 3 amide bonds. The number of ether oxygens (including phenoxy) is 1. The van der Waals surface area contributed by atoms with Crippen molar-refractivity contribution < 1.29 is 19.1 Å². The van der Waals surface area contributed by atoms with E-state index >= 15 is 0 Å². The van der Waals surface area contributed by atoms with E-state index in [-0.39, 0.29) is 17.0 Å². The predicted octanol–water partition coefficient (Wildman–Crippen LogP) is 4.89. The number of nitrogens with one attached hydrogen (secondary N) is 1. The summed E-state index contributed by atoms with van der Waals surface area (Å²) in [6.07, 6.45) is 0. The van der Waals surface area contributed by atoms with E-state index in [4.69, 9.17) is 16.3 Å². The van der Waals surface area contributed by atoms with E-state index < -0.39 is 11.8 Å². The van der Waals surface area contributed by atoms with Gasteiger partial charge in [-0.2, -0.15) is 0 Å². The number of carbonyl (C=O) groups excluding carboxylic acids is 3. The van der Waals surface area contributed by atoms with Gasteiger partial charge in [-0.1, -0.05) is 17.7 Å². The van der Waals surface area contributed by atoms with Crippen molar-refractivity contribution in [2.24, 2.45) is 0 Å². The van der Waals surface area contributed by atoms with E-state index in [2.05, 4.69) is 5.32 Å². The van der Waals surface area contributed by atoms with Crippen LogP contribution in [-0.4, -0.2) is 17.7 Å². The third kappa shape index (κ3) is 3.58. The Kier molecular flexibility index (Phi) is 4.78. The van der Waals surface area contributed by atoms with Gasteiger partial charge in [0.25, 0.3) is 11.8 Å². The Morgan fingerprint density at radius 2 is 1.62 bits per heavy atom. The molecule has 0 fully saturated rings. The summed E-state index contributed by atoms with van der Waals surface area (Å²) in [5.74, 6) is -0.315. The number of hydrogen-bond acceptors (Lipinski definition) is 4. The molecule has 1 aliphatic rings. The summed E-state index contributed by atoms with van der Waals surface area (Å²) in [5, 5.41) is 3.21. The van der Waals surface area contributed by atoms with E-state index in [1.165, 1.54) is 6.92 Å². The summed E-state index contributed by atoms with van der Waals surface area (Å²) in [7, 11) is 0. The molecule has 0 bridgehead atoms. The van der Waals surface area contributed by atoms with Crippen LogP contribution < -0.4 is 15.0 Å². The average Bonchev–Trinajstić information content (AvgIpc) is 2.95. The van der Waals surface area contributed by atoms with Crippen LogP contribution in [0.5, 0.6) is 11.5 Å². The van der Waals surface area contributed by atoms with Gasteiger partial charge in [0, 0.05) is 17.6 Å². The third-order valence-corrected chi connectivity index (χ3v) is 4.62. The van der Waals surface area contributed by atoms with E-state index in [9.17, 15) is 14.4 Å². The lowest BCUT2D eigenvalue weighted by molar-refractivity contribution is -0.114. The summed E-state index contributed by atoms with van der Waals surface area (Å²) < 4.78 is 5.84. The summed E-state index contributed by atoms with van der Waals surface area (Å²) in [6.45, 7) is 1.40. The molecule has 1 N–H and O–H groups in total. The lowest BCUT2D eigenvalue weighted by Crippen LogP contribution is -2.29. The molecule has 7 heteroatoms. The zero-order chi connectivity index (χ0) is 20.5. The number of halogens is 1. The van der Waals surface area contributed by atoms with Crippen molar-refractivity contribution >= 4 is 40.7 Å².